The van der Waals surface area contributed by atoms with E-state index < -0.39 is 0 Å². The van der Waals surface area contributed by atoms with E-state index in [1.165, 1.54) is 2.88 Å². The lowest BCUT2D eigenvalue weighted by Crippen LogP contribution is -2.22. The first-order valence-corrected chi connectivity index (χ1v) is 7.81. The molecule has 0 aliphatic carbocycles. The molecule has 96 valence electrons. The molecule has 1 N–H and O–H groups in total. The second-order valence-electron chi connectivity index (χ2n) is 4.20. The first kappa shape index (κ1) is 14.0. The first-order valence-electron chi connectivity index (χ1n) is 5.85. The van der Waals surface area contributed by atoms with E-state index in [0.717, 1.165) is 23.2 Å². The summed E-state index contributed by atoms with van der Waals surface area (Å²) in [5.74, 6) is -0.146. The summed E-state index contributed by atoms with van der Waals surface area (Å²) in [5.41, 5.74) is 2.95. The molecule has 0 amide bonds. The molecule has 0 aliphatic heterocycles. The van der Waals surface area contributed by atoms with Gasteiger partial charge in [-0.3, -0.25) is 0 Å². The number of nitrogens with one attached hydrogen (secondary N) is 1. The lowest BCUT2D eigenvalue weighted by Gasteiger charge is -2.18. The van der Waals surface area contributed by atoms with Crippen LogP contribution in [-0.2, 0) is 0 Å². The Balaban J connectivity index is 2.44. The summed E-state index contributed by atoms with van der Waals surface area (Å²) in [6.45, 7) is 4.84. The quantitative estimate of drug-likeness (QED) is 0.776. The van der Waals surface area contributed by atoms with Crippen molar-refractivity contribution in [2.24, 2.45) is 0 Å². The lowest BCUT2D eigenvalue weighted by atomic mass is 9.99. The van der Waals surface area contributed by atoms with E-state index in [0.29, 0.717) is 0 Å². The van der Waals surface area contributed by atoms with Crippen molar-refractivity contribution in [3.05, 3.63) is 55.0 Å². The molecule has 1 nitrogen and oxygen atoms in total. The Labute approximate surface area is 125 Å². The van der Waals surface area contributed by atoms with Crippen LogP contribution in [0.3, 0.4) is 0 Å². The van der Waals surface area contributed by atoms with E-state index >= 15 is 0 Å². The molecule has 1 atom stereocenters. The molecule has 0 fully saturated rings. The van der Waals surface area contributed by atoms with Crippen LogP contribution in [0.5, 0.6) is 0 Å². The van der Waals surface area contributed by atoms with Crippen molar-refractivity contribution in [3.8, 4) is 0 Å². The Morgan fingerprint density at radius 2 is 2.17 bits per heavy atom. The number of hydrogen-bond acceptors (Lipinski definition) is 2. The average molecular weight is 375 g/mol. The highest BCUT2D eigenvalue weighted by molar-refractivity contribution is 14.1. The van der Waals surface area contributed by atoms with Gasteiger partial charge in [0.2, 0.25) is 0 Å². The van der Waals surface area contributed by atoms with Crippen LogP contribution >= 0.6 is 33.9 Å². The van der Waals surface area contributed by atoms with Gasteiger partial charge in [-0.2, -0.15) is 0 Å². The highest BCUT2D eigenvalue weighted by Gasteiger charge is 2.18. The zero-order chi connectivity index (χ0) is 13.1. The van der Waals surface area contributed by atoms with Crippen LogP contribution in [0.2, 0.25) is 0 Å². The Kier molecular flexibility index (Phi) is 4.75. The van der Waals surface area contributed by atoms with Gasteiger partial charge < -0.3 is 5.32 Å². The van der Waals surface area contributed by atoms with Crippen LogP contribution in [0.4, 0.5) is 4.39 Å². The largest absolute Gasteiger partial charge is 0.306 e. The third-order valence-electron chi connectivity index (χ3n) is 2.79. The van der Waals surface area contributed by atoms with Gasteiger partial charge in [-0.25, -0.2) is 4.39 Å². The van der Waals surface area contributed by atoms with Gasteiger partial charge in [0.25, 0.3) is 0 Å². The molecule has 0 spiro atoms. The Hall–Kier alpha value is -0.460. The summed E-state index contributed by atoms with van der Waals surface area (Å²) in [7, 11) is 0. The van der Waals surface area contributed by atoms with Crippen LogP contribution < -0.4 is 5.32 Å². The van der Waals surface area contributed by atoms with E-state index in [1.54, 1.807) is 23.5 Å². The second kappa shape index (κ2) is 6.12. The molecular formula is C14H15FINS. The Bertz CT molecular complexity index is 538. The smallest absolute Gasteiger partial charge is 0.128 e. The zero-order valence-electron chi connectivity index (χ0n) is 10.3. The number of benzene rings is 1. The molecule has 1 aromatic heterocycles. The highest BCUT2D eigenvalue weighted by atomic mass is 127. The zero-order valence-corrected chi connectivity index (χ0v) is 13.3. The van der Waals surface area contributed by atoms with Crippen molar-refractivity contribution in [1.82, 2.24) is 5.32 Å². The molecule has 0 saturated heterocycles. The van der Waals surface area contributed by atoms with E-state index in [-0.39, 0.29) is 11.9 Å². The third-order valence-corrected chi connectivity index (χ3v) is 4.60. The SMILES string of the molecule is CCNC(c1csc(I)c1)c1cc(C)ccc1F. The standard InChI is InChI=1S/C14H15FINS/c1-3-17-14(10-7-13(16)18-8-10)11-6-9(2)4-5-12(11)15/h4-8,14,17H,3H2,1-2H3. The van der Waals surface area contributed by atoms with E-state index in [2.05, 4.69) is 39.4 Å². The molecule has 2 rings (SSSR count). The minimum Gasteiger partial charge on any atom is -0.306 e. The molecule has 0 bridgehead atoms. The lowest BCUT2D eigenvalue weighted by molar-refractivity contribution is 0.559. The number of hydrogen-bond donors (Lipinski definition) is 1. The molecule has 18 heavy (non-hydrogen) atoms. The monoisotopic (exact) mass is 375 g/mol. The number of thiophene rings is 1. The molecule has 1 aromatic carbocycles. The van der Waals surface area contributed by atoms with Crippen LogP contribution in [0.15, 0.2) is 29.6 Å². The third kappa shape index (κ3) is 3.10. The maximum absolute atomic E-state index is 14.0. The number of aryl methyl sites for hydroxylation is 1. The first-order chi connectivity index (χ1) is 8.61. The van der Waals surface area contributed by atoms with Crippen molar-refractivity contribution in [1.29, 1.82) is 0 Å². The van der Waals surface area contributed by atoms with Crippen LogP contribution in [0.25, 0.3) is 0 Å². The summed E-state index contributed by atoms with van der Waals surface area (Å²) in [6.07, 6.45) is 0. The van der Waals surface area contributed by atoms with Crippen molar-refractivity contribution in [2.45, 2.75) is 19.9 Å². The maximum Gasteiger partial charge on any atom is 0.128 e. The molecule has 0 radical (unpaired) electrons. The summed E-state index contributed by atoms with van der Waals surface area (Å²) in [5, 5.41) is 5.45. The summed E-state index contributed by atoms with van der Waals surface area (Å²) in [6, 6.07) is 7.33. The van der Waals surface area contributed by atoms with Gasteiger partial charge in [0.1, 0.15) is 5.82 Å². The van der Waals surface area contributed by atoms with E-state index in [1.807, 2.05) is 19.9 Å². The van der Waals surface area contributed by atoms with Gasteiger partial charge in [-0.1, -0.05) is 24.6 Å². The topological polar surface area (TPSA) is 12.0 Å². The van der Waals surface area contributed by atoms with Crippen molar-refractivity contribution in [3.63, 3.8) is 0 Å². The van der Waals surface area contributed by atoms with Gasteiger partial charge in [0, 0.05) is 5.56 Å². The fourth-order valence-electron chi connectivity index (χ4n) is 1.97. The van der Waals surface area contributed by atoms with Gasteiger partial charge in [0.15, 0.2) is 0 Å². The molecule has 1 unspecified atom stereocenters. The Morgan fingerprint density at radius 3 is 2.78 bits per heavy atom. The van der Waals surface area contributed by atoms with Gasteiger partial charge in [0.05, 0.1) is 8.93 Å². The predicted molar refractivity (Wildman–Crippen MR) is 83.7 cm³/mol. The highest BCUT2D eigenvalue weighted by Crippen LogP contribution is 2.29. The van der Waals surface area contributed by atoms with Gasteiger partial charge in [-0.15, -0.1) is 11.3 Å². The predicted octanol–water partition coefficient (Wildman–Crippen LogP) is 4.50. The molecule has 2 aromatic rings. The fourth-order valence-corrected chi connectivity index (χ4v) is 3.37. The minimum absolute atomic E-state index is 0.0605. The van der Waals surface area contributed by atoms with E-state index in [4.69, 9.17) is 0 Å². The number of halogens is 2. The van der Waals surface area contributed by atoms with E-state index in [9.17, 15) is 4.39 Å². The van der Waals surface area contributed by atoms with Gasteiger partial charge in [-0.05, 0) is 59.1 Å². The van der Waals surface area contributed by atoms with Crippen molar-refractivity contribution >= 4 is 33.9 Å². The summed E-state index contributed by atoms with van der Waals surface area (Å²) in [4.78, 5) is 0. The molecule has 0 aliphatic rings. The molecular weight excluding hydrogens is 360 g/mol. The molecule has 1 heterocycles. The van der Waals surface area contributed by atoms with Crippen molar-refractivity contribution < 1.29 is 4.39 Å². The molecule has 4 heteroatoms. The maximum atomic E-state index is 14.0. The fraction of sp³-hybridized carbons (Fsp3) is 0.286. The number of rotatable bonds is 4. The molecule has 0 saturated carbocycles. The average Bonchev–Trinajstić information content (AvgIpc) is 2.76. The van der Waals surface area contributed by atoms with Gasteiger partial charge >= 0.3 is 0 Å². The van der Waals surface area contributed by atoms with Crippen LogP contribution in [0.1, 0.15) is 29.7 Å². The summed E-state index contributed by atoms with van der Waals surface area (Å²) < 4.78 is 15.2. The normalized spacial score (nSPS) is 12.7. The Morgan fingerprint density at radius 1 is 1.39 bits per heavy atom. The summed E-state index contributed by atoms with van der Waals surface area (Å²) >= 11 is 3.98. The van der Waals surface area contributed by atoms with Crippen molar-refractivity contribution in [2.75, 3.05) is 6.54 Å². The van der Waals surface area contributed by atoms with Crippen LogP contribution in [0, 0.1) is 15.6 Å². The second-order valence-corrected chi connectivity index (χ2v) is 7.01. The minimum atomic E-state index is -0.146. The van der Waals surface area contributed by atoms with Crippen LogP contribution in [-0.4, -0.2) is 6.54 Å².